The van der Waals surface area contributed by atoms with Gasteiger partial charge in [0, 0.05) is 11.1 Å². The van der Waals surface area contributed by atoms with Gasteiger partial charge in [-0.25, -0.2) is 8.42 Å². The number of carbonyl (C=O) groups is 1. The van der Waals surface area contributed by atoms with Crippen molar-refractivity contribution in [1.82, 2.24) is 4.72 Å². The molecule has 0 spiro atoms. The van der Waals surface area contributed by atoms with Crippen molar-refractivity contribution >= 4 is 38.6 Å². The van der Waals surface area contributed by atoms with Gasteiger partial charge in [0.05, 0.1) is 15.5 Å². The van der Waals surface area contributed by atoms with E-state index in [1.807, 2.05) is 19.1 Å². The van der Waals surface area contributed by atoms with Crippen LogP contribution in [0.25, 0.3) is 5.70 Å². The van der Waals surface area contributed by atoms with Gasteiger partial charge in [-0.1, -0.05) is 54.2 Å². The number of ketones is 1. The second kappa shape index (κ2) is 6.20. The average molecular weight is 371 g/mol. The van der Waals surface area contributed by atoms with Crippen LogP contribution in [0.4, 0.5) is 0 Å². The summed E-state index contributed by atoms with van der Waals surface area (Å²) in [6, 6.07) is 10.5. The van der Waals surface area contributed by atoms with Gasteiger partial charge in [-0.15, -0.1) is 0 Å². The normalized spacial score (nSPS) is 14.1. The third-order valence-corrected chi connectivity index (χ3v) is 6.05. The molecule has 2 aromatic carbocycles. The Hall–Kier alpha value is -2.31. The molecule has 0 bridgehead atoms. The van der Waals surface area contributed by atoms with E-state index in [1.165, 1.54) is 6.08 Å². The fraction of sp³-hybridized carbons (Fsp3) is 0.158. The molecule has 4 nitrogen and oxygen atoms in total. The van der Waals surface area contributed by atoms with E-state index in [2.05, 4.69) is 4.72 Å². The van der Waals surface area contributed by atoms with Gasteiger partial charge in [0.2, 0.25) is 5.78 Å². The van der Waals surface area contributed by atoms with Gasteiger partial charge >= 0.3 is 0 Å². The second-order valence-corrected chi connectivity index (χ2v) is 8.19. The van der Waals surface area contributed by atoms with Crippen LogP contribution in [0.3, 0.4) is 0 Å². The van der Waals surface area contributed by atoms with Gasteiger partial charge < -0.3 is 0 Å². The summed E-state index contributed by atoms with van der Waals surface area (Å²) in [7, 11) is -3.81. The largest absolute Gasteiger partial charge is 0.288 e. The van der Waals surface area contributed by atoms with E-state index in [9.17, 15) is 13.2 Å². The van der Waals surface area contributed by atoms with Crippen LogP contribution < -0.4 is 4.72 Å². The van der Waals surface area contributed by atoms with E-state index >= 15 is 0 Å². The summed E-state index contributed by atoms with van der Waals surface area (Å²) in [6.45, 7) is 5.46. The molecular formula is C19H17NO3S2. The number of carbonyl (C=O) groups excluding carboxylic acids is 1. The quantitative estimate of drug-likeness (QED) is 0.839. The molecule has 0 unspecified atom stereocenters. The van der Waals surface area contributed by atoms with E-state index in [1.54, 1.807) is 38.1 Å². The van der Waals surface area contributed by atoms with E-state index in [0.717, 1.165) is 5.56 Å². The van der Waals surface area contributed by atoms with Crippen LogP contribution in [-0.4, -0.2) is 19.1 Å². The Bertz CT molecular complexity index is 1030. The van der Waals surface area contributed by atoms with E-state index in [4.69, 9.17) is 12.2 Å². The molecule has 25 heavy (non-hydrogen) atoms. The Balaban J connectivity index is 2.10. The predicted molar refractivity (Wildman–Crippen MR) is 102 cm³/mol. The molecule has 6 heteroatoms. The van der Waals surface area contributed by atoms with E-state index in [-0.39, 0.29) is 15.5 Å². The highest BCUT2D eigenvalue weighted by Crippen LogP contribution is 2.27. The number of Topliss-reactive ketones (excluding diaryl/α,β-unsaturated/α-hetero) is 1. The first-order valence-electron chi connectivity index (χ1n) is 7.71. The van der Waals surface area contributed by atoms with Gasteiger partial charge in [0.1, 0.15) is 0 Å². The van der Waals surface area contributed by atoms with Crippen molar-refractivity contribution in [2.24, 2.45) is 0 Å². The zero-order chi connectivity index (χ0) is 18.4. The lowest BCUT2D eigenvalue weighted by Crippen LogP contribution is -2.28. The third-order valence-electron chi connectivity index (χ3n) is 4.08. The minimum Gasteiger partial charge on any atom is -0.288 e. The highest BCUT2D eigenvalue weighted by molar-refractivity contribution is 7.90. The molecule has 128 valence electrons. The number of hydrogen-bond acceptors (Lipinski definition) is 4. The predicted octanol–water partition coefficient (Wildman–Crippen LogP) is 3.50. The van der Waals surface area contributed by atoms with Crippen molar-refractivity contribution in [3.05, 3.63) is 70.3 Å². The lowest BCUT2D eigenvalue weighted by molar-refractivity contribution is 0.106. The van der Waals surface area contributed by atoms with Crippen molar-refractivity contribution in [3.8, 4) is 0 Å². The minimum absolute atomic E-state index is 0.0914. The highest BCUT2D eigenvalue weighted by atomic mass is 32.2. The minimum atomic E-state index is -3.81. The molecule has 0 fully saturated rings. The summed E-state index contributed by atoms with van der Waals surface area (Å²) < 4.78 is 28.6. The lowest BCUT2D eigenvalue weighted by atomic mass is 9.94. The number of allylic oxidation sites excluding steroid dienone is 1. The first kappa shape index (κ1) is 17.5. The van der Waals surface area contributed by atoms with Crippen LogP contribution in [0.1, 0.15) is 32.6 Å². The molecule has 1 aliphatic rings. The molecule has 0 aromatic heterocycles. The number of nitrogens with one attached hydrogen (secondary N) is 1. The molecule has 0 radical (unpaired) electrons. The third kappa shape index (κ3) is 3.15. The Morgan fingerprint density at radius 3 is 2.12 bits per heavy atom. The smallest absolute Gasteiger partial charge is 0.262 e. The Labute approximate surface area is 152 Å². The van der Waals surface area contributed by atoms with E-state index < -0.39 is 10.0 Å². The monoisotopic (exact) mass is 371 g/mol. The van der Waals surface area contributed by atoms with Crippen LogP contribution in [0.2, 0.25) is 0 Å². The van der Waals surface area contributed by atoms with Crippen molar-refractivity contribution in [3.63, 3.8) is 0 Å². The first-order valence-corrected chi connectivity index (χ1v) is 9.60. The molecule has 0 saturated heterocycles. The summed E-state index contributed by atoms with van der Waals surface area (Å²) in [6.07, 6.45) is 1.41. The maximum Gasteiger partial charge on any atom is 0.262 e. The number of benzene rings is 2. The average Bonchev–Trinajstić information content (AvgIpc) is 2.50. The van der Waals surface area contributed by atoms with Gasteiger partial charge in [-0.2, -0.15) is 0 Å². The van der Waals surface area contributed by atoms with Gasteiger partial charge in [0.25, 0.3) is 10.0 Å². The molecule has 0 saturated carbocycles. The standard InChI is InChI=1S/C19H17NO3S2/c1-11-8-12(2)19(13(3)9-11)25(22,23)20-16-10-17(24)18(21)15-7-5-4-6-14(15)16/h4-10,20H,1-3H3. The van der Waals surface area contributed by atoms with Crippen LogP contribution in [0, 0.1) is 20.8 Å². The maximum atomic E-state index is 13.0. The summed E-state index contributed by atoms with van der Waals surface area (Å²) in [4.78, 5) is 12.5. The summed E-state index contributed by atoms with van der Waals surface area (Å²) >= 11 is 5.10. The Morgan fingerprint density at radius 2 is 1.52 bits per heavy atom. The zero-order valence-corrected chi connectivity index (χ0v) is 15.7. The fourth-order valence-electron chi connectivity index (χ4n) is 3.19. The number of aryl methyl sites for hydroxylation is 3. The highest BCUT2D eigenvalue weighted by Gasteiger charge is 2.27. The summed E-state index contributed by atoms with van der Waals surface area (Å²) in [5.74, 6) is -0.267. The number of hydrogen-bond donors (Lipinski definition) is 1. The first-order chi connectivity index (χ1) is 11.7. The summed E-state index contributed by atoms with van der Waals surface area (Å²) in [5.41, 5.74) is 3.61. The molecule has 0 aliphatic heterocycles. The number of rotatable bonds is 3. The van der Waals surface area contributed by atoms with Crippen LogP contribution >= 0.6 is 12.2 Å². The molecule has 3 rings (SSSR count). The maximum absolute atomic E-state index is 13.0. The summed E-state index contributed by atoms with van der Waals surface area (Å²) in [5, 5.41) is 0. The fourth-order valence-corrected chi connectivity index (χ4v) is 4.95. The lowest BCUT2D eigenvalue weighted by Gasteiger charge is -2.20. The van der Waals surface area contributed by atoms with Crippen molar-refractivity contribution in [1.29, 1.82) is 0 Å². The van der Waals surface area contributed by atoms with Crippen LogP contribution in [0.5, 0.6) is 0 Å². The molecule has 0 amide bonds. The van der Waals surface area contributed by atoms with E-state index in [0.29, 0.717) is 28.0 Å². The number of sulfonamides is 1. The molecule has 0 atom stereocenters. The van der Waals surface area contributed by atoms with Crippen molar-refractivity contribution < 1.29 is 13.2 Å². The molecular weight excluding hydrogens is 354 g/mol. The van der Waals surface area contributed by atoms with Gasteiger partial charge in [0.15, 0.2) is 0 Å². The molecule has 1 aliphatic carbocycles. The van der Waals surface area contributed by atoms with Gasteiger partial charge in [-0.3, -0.25) is 9.52 Å². The van der Waals surface area contributed by atoms with Crippen molar-refractivity contribution in [2.45, 2.75) is 25.7 Å². The zero-order valence-electron chi connectivity index (χ0n) is 14.1. The topological polar surface area (TPSA) is 63.2 Å². The SMILES string of the molecule is Cc1cc(C)c(S(=O)(=O)NC2=CC(=S)C(=O)c3ccccc32)c(C)c1. The Morgan fingerprint density at radius 1 is 0.960 bits per heavy atom. The Kier molecular flexibility index (Phi) is 4.34. The van der Waals surface area contributed by atoms with Crippen LogP contribution in [0.15, 0.2) is 47.4 Å². The van der Waals surface area contributed by atoms with Crippen LogP contribution in [-0.2, 0) is 10.0 Å². The number of thiocarbonyl (C=S) groups is 1. The second-order valence-electron chi connectivity index (χ2n) is 6.13. The van der Waals surface area contributed by atoms with Crippen molar-refractivity contribution in [2.75, 3.05) is 0 Å². The van der Waals surface area contributed by atoms with Gasteiger partial charge in [-0.05, 0) is 38.0 Å². The molecule has 2 aromatic rings. The molecule has 1 N–H and O–H groups in total. The molecule has 0 heterocycles. The number of fused-ring (bicyclic) bond motifs is 1.